The van der Waals surface area contributed by atoms with Crippen LogP contribution in [0.1, 0.15) is 31.2 Å². The second kappa shape index (κ2) is 8.54. The summed E-state index contributed by atoms with van der Waals surface area (Å²) in [7, 11) is 0. The Morgan fingerprint density at radius 3 is 2.68 bits per heavy atom. The van der Waals surface area contributed by atoms with E-state index >= 15 is 0 Å². The van der Waals surface area contributed by atoms with Crippen LogP contribution >= 0.6 is 11.6 Å². The highest BCUT2D eigenvalue weighted by molar-refractivity contribution is 6.29. The largest absolute Gasteiger partial charge is 0.452 e. The molecule has 0 bridgehead atoms. The molecule has 0 N–H and O–H groups in total. The van der Waals surface area contributed by atoms with Crippen molar-refractivity contribution in [3.63, 3.8) is 0 Å². The fourth-order valence-corrected chi connectivity index (χ4v) is 2.46. The van der Waals surface area contributed by atoms with Gasteiger partial charge in [0.05, 0.1) is 0 Å². The minimum Gasteiger partial charge on any atom is -0.452 e. The third-order valence-corrected chi connectivity index (χ3v) is 3.67. The molecule has 0 saturated carbocycles. The molecule has 1 aliphatic heterocycles. The predicted molar refractivity (Wildman–Crippen MR) is 84.3 cm³/mol. The molecule has 2 rings (SSSR count). The first kappa shape index (κ1) is 16.5. The maximum Gasteiger partial charge on any atom is 0.331 e. The van der Waals surface area contributed by atoms with E-state index in [1.165, 1.54) is 6.08 Å². The lowest BCUT2D eigenvalue weighted by atomic mass is 10.2. The summed E-state index contributed by atoms with van der Waals surface area (Å²) in [5.41, 5.74) is 0.746. The number of ether oxygens (including phenoxy) is 1. The average molecular weight is 323 g/mol. The maximum atomic E-state index is 12.0. The van der Waals surface area contributed by atoms with E-state index in [1.807, 2.05) is 0 Å². The molecule has 0 radical (unpaired) electrons. The number of esters is 1. The molecule has 22 heavy (non-hydrogen) atoms. The van der Waals surface area contributed by atoms with Crippen LogP contribution in [0.15, 0.2) is 24.4 Å². The van der Waals surface area contributed by atoms with E-state index in [0.717, 1.165) is 44.3 Å². The highest BCUT2D eigenvalue weighted by Crippen LogP contribution is 2.10. The molecule has 5 nitrogen and oxygen atoms in total. The number of pyridine rings is 1. The van der Waals surface area contributed by atoms with Gasteiger partial charge in [-0.05, 0) is 36.6 Å². The highest BCUT2D eigenvalue weighted by atomic mass is 35.5. The lowest BCUT2D eigenvalue weighted by Crippen LogP contribution is -2.35. The maximum absolute atomic E-state index is 12.0. The predicted octanol–water partition coefficient (Wildman–Crippen LogP) is 2.69. The Morgan fingerprint density at radius 2 is 2.00 bits per heavy atom. The van der Waals surface area contributed by atoms with Gasteiger partial charge in [-0.25, -0.2) is 9.78 Å². The number of carbonyl (C=O) groups excluding carboxylic acids is 2. The molecule has 0 unspecified atom stereocenters. The Hall–Kier alpha value is -1.88. The number of carbonyl (C=O) groups is 2. The van der Waals surface area contributed by atoms with Gasteiger partial charge >= 0.3 is 5.97 Å². The summed E-state index contributed by atoms with van der Waals surface area (Å²) in [6, 6.07) is 3.35. The molecule has 0 spiro atoms. The zero-order valence-electron chi connectivity index (χ0n) is 12.3. The van der Waals surface area contributed by atoms with Gasteiger partial charge in [0.15, 0.2) is 6.61 Å². The molecule has 1 amide bonds. The van der Waals surface area contributed by atoms with E-state index in [4.69, 9.17) is 16.3 Å². The van der Waals surface area contributed by atoms with Gasteiger partial charge in [-0.15, -0.1) is 0 Å². The zero-order chi connectivity index (χ0) is 15.8. The number of likely N-dealkylation sites (tertiary alicyclic amines) is 1. The summed E-state index contributed by atoms with van der Waals surface area (Å²) in [6.45, 7) is 1.30. The molecule has 0 atom stereocenters. The summed E-state index contributed by atoms with van der Waals surface area (Å²) in [4.78, 5) is 29.2. The van der Waals surface area contributed by atoms with Crippen LogP contribution < -0.4 is 0 Å². The van der Waals surface area contributed by atoms with Crippen LogP contribution in [0.4, 0.5) is 0 Å². The minimum atomic E-state index is -0.545. The lowest BCUT2D eigenvalue weighted by Gasteiger charge is -2.19. The Morgan fingerprint density at radius 1 is 1.27 bits per heavy atom. The Balaban J connectivity index is 1.78. The van der Waals surface area contributed by atoms with Crippen molar-refractivity contribution in [1.29, 1.82) is 0 Å². The summed E-state index contributed by atoms with van der Waals surface area (Å²) < 4.78 is 4.98. The molecular formula is C16H19ClN2O3. The summed E-state index contributed by atoms with van der Waals surface area (Å²) in [6.07, 6.45) is 8.75. The second-order valence-electron chi connectivity index (χ2n) is 5.15. The fourth-order valence-electron chi connectivity index (χ4n) is 2.28. The van der Waals surface area contributed by atoms with Crippen molar-refractivity contribution >= 4 is 29.6 Å². The van der Waals surface area contributed by atoms with Gasteiger partial charge in [-0.2, -0.15) is 0 Å². The number of aromatic nitrogens is 1. The van der Waals surface area contributed by atoms with Crippen molar-refractivity contribution in [2.75, 3.05) is 19.7 Å². The molecule has 2 heterocycles. The Labute approximate surface area is 134 Å². The van der Waals surface area contributed by atoms with Crippen LogP contribution in [-0.2, 0) is 14.3 Å². The summed E-state index contributed by atoms with van der Waals surface area (Å²) in [5, 5.41) is 0.354. The van der Waals surface area contributed by atoms with Gasteiger partial charge in [-0.3, -0.25) is 4.79 Å². The van der Waals surface area contributed by atoms with E-state index in [0.29, 0.717) is 5.15 Å². The Kier molecular flexibility index (Phi) is 6.40. The van der Waals surface area contributed by atoms with Crippen molar-refractivity contribution in [2.24, 2.45) is 0 Å². The van der Waals surface area contributed by atoms with Gasteiger partial charge in [0, 0.05) is 25.4 Å². The van der Waals surface area contributed by atoms with Crippen LogP contribution in [0.2, 0.25) is 5.15 Å². The second-order valence-corrected chi connectivity index (χ2v) is 5.54. The van der Waals surface area contributed by atoms with Gasteiger partial charge < -0.3 is 9.64 Å². The van der Waals surface area contributed by atoms with Gasteiger partial charge in [-0.1, -0.05) is 24.4 Å². The molecule has 118 valence electrons. The smallest absolute Gasteiger partial charge is 0.331 e. The SMILES string of the molecule is O=C(C=Cc1ccnc(Cl)c1)OCC(=O)N1CCCCCC1. The molecule has 1 aliphatic rings. The van der Waals surface area contributed by atoms with Gasteiger partial charge in [0.1, 0.15) is 5.15 Å². The fraction of sp³-hybridized carbons (Fsp3) is 0.438. The van der Waals surface area contributed by atoms with Crippen molar-refractivity contribution < 1.29 is 14.3 Å². The van der Waals surface area contributed by atoms with Crippen LogP contribution in [-0.4, -0.2) is 41.5 Å². The van der Waals surface area contributed by atoms with Crippen molar-refractivity contribution in [3.8, 4) is 0 Å². The third kappa shape index (κ3) is 5.48. The standard InChI is InChI=1S/C16H19ClN2O3/c17-14-11-13(7-8-18-14)5-6-16(21)22-12-15(20)19-9-3-1-2-4-10-19/h5-8,11H,1-4,9-10,12H2. The van der Waals surface area contributed by atoms with Crippen molar-refractivity contribution in [1.82, 2.24) is 9.88 Å². The minimum absolute atomic E-state index is 0.129. The van der Waals surface area contributed by atoms with Crippen LogP contribution in [0.3, 0.4) is 0 Å². The molecule has 1 fully saturated rings. The summed E-state index contributed by atoms with van der Waals surface area (Å²) in [5.74, 6) is -0.674. The van der Waals surface area contributed by atoms with E-state index in [9.17, 15) is 9.59 Å². The van der Waals surface area contributed by atoms with Crippen molar-refractivity contribution in [2.45, 2.75) is 25.7 Å². The van der Waals surface area contributed by atoms with Crippen molar-refractivity contribution in [3.05, 3.63) is 35.1 Å². The average Bonchev–Trinajstić information content (AvgIpc) is 2.80. The highest BCUT2D eigenvalue weighted by Gasteiger charge is 2.16. The molecule has 1 saturated heterocycles. The zero-order valence-corrected chi connectivity index (χ0v) is 13.1. The topological polar surface area (TPSA) is 59.5 Å². The monoisotopic (exact) mass is 322 g/mol. The van der Waals surface area contributed by atoms with Crippen LogP contribution in [0.5, 0.6) is 0 Å². The quantitative estimate of drug-likeness (QED) is 0.486. The van der Waals surface area contributed by atoms with Gasteiger partial charge in [0.2, 0.25) is 0 Å². The number of hydrogen-bond acceptors (Lipinski definition) is 4. The number of halogens is 1. The first-order chi connectivity index (χ1) is 10.6. The normalized spacial score (nSPS) is 15.6. The van der Waals surface area contributed by atoms with Crippen LogP contribution in [0, 0.1) is 0 Å². The van der Waals surface area contributed by atoms with E-state index < -0.39 is 5.97 Å². The molecule has 6 heteroatoms. The molecule has 1 aromatic rings. The van der Waals surface area contributed by atoms with E-state index in [2.05, 4.69) is 4.98 Å². The number of rotatable bonds is 4. The number of hydrogen-bond donors (Lipinski definition) is 0. The first-order valence-electron chi connectivity index (χ1n) is 7.39. The molecule has 0 aliphatic carbocycles. The van der Waals surface area contributed by atoms with Crippen LogP contribution in [0.25, 0.3) is 6.08 Å². The molecule has 1 aromatic heterocycles. The van der Waals surface area contributed by atoms with E-state index in [-0.39, 0.29) is 12.5 Å². The lowest BCUT2D eigenvalue weighted by molar-refractivity contribution is -0.148. The molecular weight excluding hydrogens is 304 g/mol. The first-order valence-corrected chi connectivity index (χ1v) is 7.77. The Bertz CT molecular complexity index is 552. The summed E-state index contributed by atoms with van der Waals surface area (Å²) >= 11 is 5.75. The molecule has 0 aromatic carbocycles. The van der Waals surface area contributed by atoms with E-state index in [1.54, 1.807) is 29.3 Å². The van der Waals surface area contributed by atoms with Gasteiger partial charge in [0.25, 0.3) is 5.91 Å². The third-order valence-electron chi connectivity index (χ3n) is 3.46. The number of amides is 1. The number of nitrogens with zero attached hydrogens (tertiary/aromatic N) is 2.